The summed E-state index contributed by atoms with van der Waals surface area (Å²) in [5.41, 5.74) is 2.95. The Morgan fingerprint density at radius 3 is 2.26 bits per heavy atom. The van der Waals surface area contributed by atoms with Gasteiger partial charge in [-0.25, -0.2) is 4.79 Å². The molecule has 0 bridgehead atoms. The van der Waals surface area contributed by atoms with Crippen molar-refractivity contribution in [3.05, 3.63) is 90.0 Å². The molecule has 0 saturated heterocycles. The third-order valence-corrected chi connectivity index (χ3v) is 4.56. The Morgan fingerprint density at radius 2 is 1.58 bits per heavy atom. The van der Waals surface area contributed by atoms with Crippen LogP contribution < -0.4 is 10.1 Å². The smallest absolute Gasteiger partial charge is 0.338 e. The molecule has 1 atom stereocenters. The number of carbonyl (C=O) groups is 3. The van der Waals surface area contributed by atoms with Gasteiger partial charge in [0.25, 0.3) is 5.91 Å². The van der Waals surface area contributed by atoms with Crippen molar-refractivity contribution in [1.29, 1.82) is 0 Å². The maximum absolute atomic E-state index is 12.4. The monoisotopic (exact) mass is 417 g/mol. The molecule has 3 aromatic carbocycles. The van der Waals surface area contributed by atoms with E-state index >= 15 is 0 Å². The minimum Gasteiger partial charge on any atom is -0.452 e. The van der Waals surface area contributed by atoms with Crippen LogP contribution in [0.25, 0.3) is 11.1 Å². The van der Waals surface area contributed by atoms with Crippen LogP contribution in [0.15, 0.2) is 78.9 Å². The van der Waals surface area contributed by atoms with Crippen LogP contribution in [0.1, 0.15) is 35.8 Å². The summed E-state index contributed by atoms with van der Waals surface area (Å²) in [5.74, 6) is -0.898. The van der Waals surface area contributed by atoms with E-state index in [9.17, 15) is 14.4 Å². The number of hydrogen-bond donors (Lipinski definition) is 1. The molecule has 0 aliphatic rings. The highest BCUT2D eigenvalue weighted by atomic mass is 16.5. The molecule has 0 saturated carbocycles. The Bertz CT molecular complexity index is 1060. The van der Waals surface area contributed by atoms with Crippen LogP contribution in [0.5, 0.6) is 5.75 Å². The summed E-state index contributed by atoms with van der Waals surface area (Å²) in [6.07, 6.45) is 0. The Hall–Kier alpha value is -3.93. The molecular formula is C25H23NO5. The van der Waals surface area contributed by atoms with Crippen molar-refractivity contribution in [3.8, 4) is 16.9 Å². The van der Waals surface area contributed by atoms with E-state index in [4.69, 9.17) is 9.47 Å². The maximum Gasteiger partial charge on any atom is 0.338 e. The number of nitrogens with one attached hydrogen (secondary N) is 1. The lowest BCUT2D eigenvalue weighted by atomic mass is 10.0. The summed E-state index contributed by atoms with van der Waals surface area (Å²) in [6.45, 7) is 2.84. The van der Waals surface area contributed by atoms with Gasteiger partial charge in [0.15, 0.2) is 6.61 Å². The van der Waals surface area contributed by atoms with Crippen molar-refractivity contribution in [2.24, 2.45) is 0 Å². The first-order valence-corrected chi connectivity index (χ1v) is 9.83. The van der Waals surface area contributed by atoms with Crippen molar-refractivity contribution in [3.63, 3.8) is 0 Å². The highest BCUT2D eigenvalue weighted by Gasteiger charge is 2.14. The number of carbonyl (C=O) groups excluding carboxylic acids is 3. The van der Waals surface area contributed by atoms with Gasteiger partial charge in [0.2, 0.25) is 0 Å². The fraction of sp³-hybridized carbons (Fsp3) is 0.160. The minimum atomic E-state index is -0.583. The molecule has 1 amide bonds. The molecule has 158 valence electrons. The zero-order chi connectivity index (χ0) is 22.2. The summed E-state index contributed by atoms with van der Waals surface area (Å²) in [5, 5.41) is 2.81. The van der Waals surface area contributed by atoms with Gasteiger partial charge in [-0.3, -0.25) is 9.59 Å². The predicted molar refractivity (Wildman–Crippen MR) is 116 cm³/mol. The van der Waals surface area contributed by atoms with Crippen molar-refractivity contribution < 1.29 is 23.9 Å². The predicted octanol–water partition coefficient (Wildman–Crippen LogP) is 4.31. The summed E-state index contributed by atoms with van der Waals surface area (Å²) >= 11 is 0. The van der Waals surface area contributed by atoms with Crippen molar-refractivity contribution in [1.82, 2.24) is 5.32 Å². The van der Waals surface area contributed by atoms with Gasteiger partial charge in [0, 0.05) is 6.92 Å². The molecule has 31 heavy (non-hydrogen) atoms. The van der Waals surface area contributed by atoms with Gasteiger partial charge in [-0.2, -0.15) is 0 Å². The number of amides is 1. The second kappa shape index (κ2) is 10.2. The molecule has 6 heteroatoms. The first-order chi connectivity index (χ1) is 14.9. The van der Waals surface area contributed by atoms with E-state index < -0.39 is 5.97 Å². The van der Waals surface area contributed by atoms with Gasteiger partial charge in [-0.15, -0.1) is 0 Å². The van der Waals surface area contributed by atoms with E-state index in [1.807, 2.05) is 43.3 Å². The van der Waals surface area contributed by atoms with E-state index in [1.54, 1.807) is 42.5 Å². The fourth-order valence-corrected chi connectivity index (χ4v) is 3.03. The molecule has 0 aliphatic carbocycles. The first kappa shape index (κ1) is 21.8. The van der Waals surface area contributed by atoms with Crippen LogP contribution in [0.2, 0.25) is 0 Å². The van der Waals surface area contributed by atoms with Gasteiger partial charge < -0.3 is 14.8 Å². The normalized spacial score (nSPS) is 11.3. The molecule has 0 aromatic heterocycles. The number of hydrogen-bond acceptors (Lipinski definition) is 5. The van der Waals surface area contributed by atoms with Crippen molar-refractivity contribution >= 4 is 17.8 Å². The third kappa shape index (κ3) is 6.27. The number of esters is 2. The lowest BCUT2D eigenvalue weighted by molar-refractivity contribution is -0.131. The second-order valence-corrected chi connectivity index (χ2v) is 6.97. The maximum atomic E-state index is 12.4. The van der Waals surface area contributed by atoms with Crippen molar-refractivity contribution in [2.75, 3.05) is 6.61 Å². The quantitative estimate of drug-likeness (QED) is 0.458. The molecule has 0 spiro atoms. The van der Waals surface area contributed by atoms with Crippen LogP contribution in [0.3, 0.4) is 0 Å². The molecule has 3 rings (SSSR count). The fourth-order valence-electron chi connectivity index (χ4n) is 3.03. The van der Waals surface area contributed by atoms with E-state index in [1.165, 1.54) is 6.92 Å². The number of ether oxygens (including phenoxy) is 2. The van der Waals surface area contributed by atoms with Crippen molar-refractivity contribution in [2.45, 2.75) is 19.9 Å². The number of benzene rings is 3. The molecule has 0 aliphatic heterocycles. The van der Waals surface area contributed by atoms with E-state index in [0.717, 1.165) is 16.7 Å². The lowest BCUT2D eigenvalue weighted by Crippen LogP contribution is -2.31. The van der Waals surface area contributed by atoms with Gasteiger partial charge in [-0.05, 0) is 47.9 Å². The van der Waals surface area contributed by atoms with Crippen LogP contribution in [0, 0.1) is 0 Å². The van der Waals surface area contributed by atoms with Crippen LogP contribution in [-0.4, -0.2) is 24.5 Å². The van der Waals surface area contributed by atoms with Gasteiger partial charge >= 0.3 is 11.9 Å². The first-order valence-electron chi connectivity index (χ1n) is 9.83. The van der Waals surface area contributed by atoms with Crippen LogP contribution in [-0.2, 0) is 14.3 Å². The van der Waals surface area contributed by atoms with Crippen LogP contribution >= 0.6 is 0 Å². The minimum absolute atomic E-state index is 0.189. The molecule has 3 aromatic rings. The second-order valence-electron chi connectivity index (χ2n) is 6.97. The molecule has 0 unspecified atom stereocenters. The zero-order valence-corrected chi connectivity index (χ0v) is 17.3. The SMILES string of the molecule is CC(=O)Oc1ccc(-c2cccc(C(=O)OCC(=O)N[C@H](C)c3ccccc3)c2)cc1. The molecule has 0 radical (unpaired) electrons. The van der Waals surface area contributed by atoms with Crippen LogP contribution in [0.4, 0.5) is 0 Å². The summed E-state index contributed by atoms with van der Waals surface area (Å²) < 4.78 is 10.2. The van der Waals surface area contributed by atoms with E-state index in [0.29, 0.717) is 11.3 Å². The third-order valence-electron chi connectivity index (χ3n) is 4.56. The molecule has 0 heterocycles. The van der Waals surface area contributed by atoms with E-state index in [2.05, 4.69) is 5.32 Å². The molecule has 6 nitrogen and oxygen atoms in total. The standard InChI is InChI=1S/C25H23NO5/c1-17(19-7-4-3-5-8-19)26-24(28)16-30-25(29)22-10-6-9-21(15-22)20-11-13-23(14-12-20)31-18(2)27/h3-15,17H,16H2,1-2H3,(H,26,28)/t17-/m1/s1. The zero-order valence-electron chi connectivity index (χ0n) is 17.3. The summed E-state index contributed by atoms with van der Waals surface area (Å²) in [4.78, 5) is 35.6. The summed E-state index contributed by atoms with van der Waals surface area (Å²) in [7, 11) is 0. The molecule has 0 fully saturated rings. The van der Waals surface area contributed by atoms with Gasteiger partial charge in [-0.1, -0.05) is 54.6 Å². The average molecular weight is 417 g/mol. The van der Waals surface area contributed by atoms with Gasteiger partial charge in [0.1, 0.15) is 5.75 Å². The Balaban J connectivity index is 1.58. The topological polar surface area (TPSA) is 81.7 Å². The highest BCUT2D eigenvalue weighted by Crippen LogP contribution is 2.23. The molecular weight excluding hydrogens is 394 g/mol. The largest absolute Gasteiger partial charge is 0.452 e. The van der Waals surface area contributed by atoms with E-state index in [-0.39, 0.29) is 24.5 Å². The highest BCUT2D eigenvalue weighted by molar-refractivity contribution is 5.92. The Labute approximate surface area is 180 Å². The molecule has 1 N–H and O–H groups in total. The Morgan fingerprint density at radius 1 is 0.871 bits per heavy atom. The van der Waals surface area contributed by atoms with Gasteiger partial charge in [0.05, 0.1) is 11.6 Å². The lowest BCUT2D eigenvalue weighted by Gasteiger charge is -2.14. The average Bonchev–Trinajstić information content (AvgIpc) is 2.78. The number of rotatable bonds is 7. The summed E-state index contributed by atoms with van der Waals surface area (Å²) in [6, 6.07) is 23.2. The Kier molecular flexibility index (Phi) is 7.17.